The Bertz CT molecular complexity index is 1110. The third-order valence-electron chi connectivity index (χ3n) is 6.42. The lowest BCUT2D eigenvalue weighted by molar-refractivity contribution is -0.192. The number of benzene rings is 2. The van der Waals surface area contributed by atoms with Gasteiger partial charge in [0.1, 0.15) is 0 Å². The fraction of sp³-hybridized carbons (Fsp3) is 0.440. The molecule has 0 aliphatic carbocycles. The average Bonchev–Trinajstić information content (AvgIpc) is 3.43. The first-order valence-corrected chi connectivity index (χ1v) is 12.5. The van der Waals surface area contributed by atoms with Gasteiger partial charge in [-0.1, -0.05) is 23.2 Å². The lowest BCUT2D eigenvalue weighted by Crippen LogP contribution is -2.39. The number of anilines is 3. The van der Waals surface area contributed by atoms with Gasteiger partial charge in [0.05, 0.1) is 0 Å². The van der Waals surface area contributed by atoms with E-state index in [9.17, 15) is 18.0 Å². The zero-order chi connectivity index (χ0) is 27.3. The van der Waals surface area contributed by atoms with Gasteiger partial charge in [0.25, 0.3) is 0 Å². The molecule has 2 aromatic rings. The van der Waals surface area contributed by atoms with Crippen LogP contribution in [0.15, 0.2) is 36.4 Å². The molecule has 2 saturated heterocycles. The highest BCUT2D eigenvalue weighted by Gasteiger charge is 2.38. The molecule has 2 unspecified atom stereocenters. The SMILES string of the molecule is Cc1cc(N2CCC(N3CCCC3C)C2)ccc1NC(=O)Nc1cc(Cl)cc(Cl)c1.O=C(O)C(F)(F)F. The number of hydrogen-bond acceptors (Lipinski definition) is 4. The van der Waals surface area contributed by atoms with Crippen molar-refractivity contribution in [2.45, 2.75) is 51.4 Å². The zero-order valence-corrected chi connectivity index (χ0v) is 21.9. The van der Waals surface area contributed by atoms with Gasteiger partial charge in [-0.2, -0.15) is 13.2 Å². The Balaban J connectivity index is 0.000000479. The van der Waals surface area contributed by atoms with Gasteiger partial charge in [0, 0.05) is 52.3 Å². The molecule has 2 amide bonds. The van der Waals surface area contributed by atoms with E-state index in [0.29, 0.717) is 27.8 Å². The normalized spacial score (nSPS) is 19.8. The number of carboxylic acid groups (broad SMARTS) is 1. The molecule has 0 saturated carbocycles. The predicted molar refractivity (Wildman–Crippen MR) is 140 cm³/mol. The Labute approximate surface area is 223 Å². The minimum Gasteiger partial charge on any atom is -0.475 e. The molecular weight excluding hydrogens is 532 g/mol. The monoisotopic (exact) mass is 560 g/mol. The molecule has 12 heteroatoms. The van der Waals surface area contributed by atoms with E-state index in [1.54, 1.807) is 18.2 Å². The number of rotatable bonds is 4. The molecule has 0 aromatic heterocycles. The van der Waals surface area contributed by atoms with Crippen LogP contribution >= 0.6 is 23.2 Å². The van der Waals surface area contributed by atoms with Gasteiger partial charge in [-0.15, -0.1) is 0 Å². The number of carboxylic acids is 1. The predicted octanol–water partition coefficient (Wildman–Crippen LogP) is 6.64. The molecule has 2 aromatic carbocycles. The summed E-state index contributed by atoms with van der Waals surface area (Å²) in [5.74, 6) is -2.76. The Kier molecular flexibility index (Phi) is 9.55. The van der Waals surface area contributed by atoms with E-state index in [0.717, 1.165) is 24.3 Å². The first-order valence-electron chi connectivity index (χ1n) is 11.8. The third kappa shape index (κ3) is 8.15. The molecular formula is C25H29Cl2F3N4O3. The summed E-state index contributed by atoms with van der Waals surface area (Å²) in [7, 11) is 0. The number of nitrogens with one attached hydrogen (secondary N) is 2. The Morgan fingerprint density at radius 1 is 1.03 bits per heavy atom. The van der Waals surface area contributed by atoms with Gasteiger partial charge >= 0.3 is 18.2 Å². The summed E-state index contributed by atoms with van der Waals surface area (Å²) in [5, 5.41) is 13.8. The number of urea groups is 1. The minimum atomic E-state index is -5.08. The quantitative estimate of drug-likeness (QED) is 0.390. The molecule has 7 nitrogen and oxygen atoms in total. The van der Waals surface area contributed by atoms with Crippen molar-refractivity contribution >= 4 is 52.3 Å². The van der Waals surface area contributed by atoms with E-state index in [2.05, 4.69) is 39.5 Å². The summed E-state index contributed by atoms with van der Waals surface area (Å²) in [5.41, 5.74) is 3.59. The van der Waals surface area contributed by atoms with Crippen molar-refractivity contribution < 1.29 is 27.9 Å². The standard InChI is InChI=1S/C23H28Cl2N4O.C2HF3O2/c1-15-10-20(28-9-7-21(14-28)29-8-3-4-16(29)2)5-6-22(15)27-23(30)26-19-12-17(24)11-18(25)13-19;3-2(4,5)1(6)7/h5-6,10-13,16,21H,3-4,7-9,14H2,1-2H3,(H2,26,27,30);(H,6,7). The number of carbonyl (C=O) groups excluding carboxylic acids is 1. The van der Waals surface area contributed by atoms with Crippen molar-refractivity contribution in [1.29, 1.82) is 0 Å². The lowest BCUT2D eigenvalue weighted by Gasteiger charge is -2.28. The maximum absolute atomic E-state index is 12.4. The van der Waals surface area contributed by atoms with Gasteiger partial charge in [0.15, 0.2) is 0 Å². The van der Waals surface area contributed by atoms with Crippen LogP contribution in [0, 0.1) is 6.92 Å². The van der Waals surface area contributed by atoms with Gasteiger partial charge in [0.2, 0.25) is 0 Å². The molecule has 202 valence electrons. The molecule has 2 aliphatic rings. The zero-order valence-electron chi connectivity index (χ0n) is 20.4. The lowest BCUT2D eigenvalue weighted by atomic mass is 10.1. The Hall–Kier alpha value is -2.69. The fourth-order valence-corrected chi connectivity index (χ4v) is 5.17. The van der Waals surface area contributed by atoms with Crippen molar-refractivity contribution in [2.75, 3.05) is 35.2 Å². The summed E-state index contributed by atoms with van der Waals surface area (Å²) >= 11 is 12.0. The number of likely N-dealkylation sites (tertiary alicyclic amines) is 1. The van der Waals surface area contributed by atoms with Gasteiger partial charge in [-0.25, -0.2) is 9.59 Å². The number of carbonyl (C=O) groups is 2. The summed E-state index contributed by atoms with van der Waals surface area (Å²) in [6, 6.07) is 12.2. The van der Waals surface area contributed by atoms with Crippen molar-refractivity contribution in [1.82, 2.24) is 4.90 Å². The van der Waals surface area contributed by atoms with Crippen LogP contribution in [0.2, 0.25) is 10.0 Å². The molecule has 37 heavy (non-hydrogen) atoms. The number of alkyl halides is 3. The third-order valence-corrected chi connectivity index (χ3v) is 6.86. The van der Waals surface area contributed by atoms with Crippen LogP contribution in [0.1, 0.15) is 31.7 Å². The van der Waals surface area contributed by atoms with Crippen LogP contribution < -0.4 is 15.5 Å². The molecule has 4 rings (SSSR count). The summed E-state index contributed by atoms with van der Waals surface area (Å²) in [4.78, 5) is 26.4. The summed E-state index contributed by atoms with van der Waals surface area (Å²) in [6.45, 7) is 7.76. The molecule has 0 spiro atoms. The minimum absolute atomic E-state index is 0.326. The molecule has 2 aliphatic heterocycles. The van der Waals surface area contributed by atoms with E-state index < -0.39 is 12.1 Å². The highest BCUT2D eigenvalue weighted by molar-refractivity contribution is 6.35. The number of hydrogen-bond donors (Lipinski definition) is 3. The van der Waals surface area contributed by atoms with Crippen molar-refractivity contribution in [3.05, 3.63) is 52.0 Å². The van der Waals surface area contributed by atoms with Crippen LogP contribution in [-0.2, 0) is 4.79 Å². The van der Waals surface area contributed by atoms with E-state index in [-0.39, 0.29) is 6.03 Å². The maximum atomic E-state index is 12.4. The van der Waals surface area contributed by atoms with Crippen molar-refractivity contribution in [3.63, 3.8) is 0 Å². The molecule has 2 fully saturated rings. The van der Waals surface area contributed by atoms with Gasteiger partial charge in [-0.05, 0) is 81.6 Å². The Morgan fingerprint density at radius 2 is 1.68 bits per heavy atom. The first kappa shape index (κ1) is 28.9. The summed E-state index contributed by atoms with van der Waals surface area (Å²) < 4.78 is 31.7. The first-order chi connectivity index (χ1) is 17.3. The topological polar surface area (TPSA) is 84.9 Å². The molecule has 3 N–H and O–H groups in total. The van der Waals surface area contributed by atoms with E-state index in [1.165, 1.54) is 31.5 Å². The van der Waals surface area contributed by atoms with Crippen LogP contribution in [-0.4, -0.2) is 59.9 Å². The van der Waals surface area contributed by atoms with Crippen LogP contribution in [0.5, 0.6) is 0 Å². The van der Waals surface area contributed by atoms with Crippen LogP contribution in [0.3, 0.4) is 0 Å². The molecule has 2 heterocycles. The van der Waals surface area contributed by atoms with E-state index >= 15 is 0 Å². The molecule has 0 radical (unpaired) electrons. The van der Waals surface area contributed by atoms with E-state index in [4.69, 9.17) is 33.1 Å². The average molecular weight is 561 g/mol. The van der Waals surface area contributed by atoms with Crippen LogP contribution in [0.25, 0.3) is 0 Å². The number of aliphatic carboxylic acids is 1. The van der Waals surface area contributed by atoms with E-state index in [1.807, 2.05) is 13.0 Å². The van der Waals surface area contributed by atoms with Crippen molar-refractivity contribution in [2.24, 2.45) is 0 Å². The maximum Gasteiger partial charge on any atom is 0.490 e. The number of aryl methyl sites for hydroxylation is 1. The van der Waals surface area contributed by atoms with Crippen molar-refractivity contribution in [3.8, 4) is 0 Å². The van der Waals surface area contributed by atoms with Gasteiger partial charge in [-0.3, -0.25) is 4.90 Å². The fourth-order valence-electron chi connectivity index (χ4n) is 4.64. The Morgan fingerprint density at radius 3 is 2.22 bits per heavy atom. The second-order valence-corrected chi connectivity index (χ2v) is 10.0. The number of halogens is 5. The number of amides is 2. The molecule has 0 bridgehead atoms. The smallest absolute Gasteiger partial charge is 0.475 e. The summed E-state index contributed by atoms with van der Waals surface area (Å²) in [6.07, 6.45) is -1.23. The largest absolute Gasteiger partial charge is 0.490 e. The highest BCUT2D eigenvalue weighted by atomic mass is 35.5. The highest BCUT2D eigenvalue weighted by Crippen LogP contribution is 2.30. The second-order valence-electron chi connectivity index (χ2n) is 9.16. The molecule has 2 atom stereocenters. The van der Waals surface area contributed by atoms with Crippen LogP contribution in [0.4, 0.5) is 35.0 Å². The number of nitrogens with zero attached hydrogens (tertiary/aromatic N) is 2. The van der Waals surface area contributed by atoms with Gasteiger partial charge < -0.3 is 20.6 Å². The second kappa shape index (κ2) is 12.2.